The molecule has 0 aromatic heterocycles. The Balaban J connectivity index is 3.31. The van der Waals surface area contributed by atoms with Gasteiger partial charge in [-0.1, -0.05) is 12.7 Å². The lowest BCUT2D eigenvalue weighted by molar-refractivity contribution is -0.225. The van der Waals surface area contributed by atoms with Gasteiger partial charge in [0.25, 0.3) is 0 Å². The second kappa shape index (κ2) is 5.68. The average Bonchev–Trinajstić information content (AvgIpc) is 2.67. The standard InChI is InChI=1S/C11H12F6N2O2/c1-3-5(4-2)19-9(21)6(8(20)11(15,16)17)7(18-19)10(12,13)14/h3-4,6,8-9,20-21H,1H2,2H3/b5-4+. The number of rotatable bonds is 3. The minimum atomic E-state index is -5.34. The van der Waals surface area contributed by atoms with Crippen LogP contribution in [0, 0.1) is 5.92 Å². The van der Waals surface area contributed by atoms with Crippen molar-refractivity contribution >= 4 is 5.71 Å². The summed E-state index contributed by atoms with van der Waals surface area (Å²) in [5.74, 6) is -2.67. The van der Waals surface area contributed by atoms with Crippen molar-refractivity contribution in [2.45, 2.75) is 31.6 Å². The van der Waals surface area contributed by atoms with Gasteiger partial charge in [-0.25, -0.2) is 5.01 Å². The van der Waals surface area contributed by atoms with Crippen molar-refractivity contribution in [2.75, 3.05) is 0 Å². The van der Waals surface area contributed by atoms with Gasteiger partial charge >= 0.3 is 12.4 Å². The van der Waals surface area contributed by atoms with Crippen LogP contribution in [0.4, 0.5) is 26.3 Å². The first kappa shape index (κ1) is 17.5. The smallest absolute Gasteiger partial charge is 0.383 e. The van der Waals surface area contributed by atoms with Gasteiger partial charge < -0.3 is 10.2 Å². The van der Waals surface area contributed by atoms with Gasteiger partial charge in [0.05, 0.1) is 11.6 Å². The highest BCUT2D eigenvalue weighted by atomic mass is 19.4. The summed E-state index contributed by atoms with van der Waals surface area (Å²) in [6.07, 6.45) is -14.1. The molecule has 0 saturated heterocycles. The van der Waals surface area contributed by atoms with Crippen LogP contribution < -0.4 is 0 Å². The van der Waals surface area contributed by atoms with E-state index in [1.807, 2.05) is 0 Å². The predicted molar refractivity (Wildman–Crippen MR) is 60.8 cm³/mol. The molecule has 1 aliphatic heterocycles. The van der Waals surface area contributed by atoms with Crippen LogP contribution in [-0.4, -0.2) is 45.6 Å². The molecule has 1 heterocycles. The Hall–Kier alpha value is -1.55. The molecule has 3 unspecified atom stereocenters. The molecule has 0 aliphatic carbocycles. The zero-order valence-electron chi connectivity index (χ0n) is 10.7. The third-order valence-corrected chi connectivity index (χ3v) is 2.84. The van der Waals surface area contributed by atoms with Crippen molar-refractivity contribution in [3.05, 3.63) is 24.4 Å². The van der Waals surface area contributed by atoms with Crippen LogP contribution in [0.3, 0.4) is 0 Å². The van der Waals surface area contributed by atoms with Crippen molar-refractivity contribution < 1.29 is 36.6 Å². The number of aliphatic hydroxyl groups is 2. The molecule has 21 heavy (non-hydrogen) atoms. The van der Waals surface area contributed by atoms with E-state index < -0.39 is 36.3 Å². The van der Waals surface area contributed by atoms with Gasteiger partial charge in [0.1, 0.15) is 0 Å². The SMILES string of the molecule is C=C/C(=C\C)N1N=C(C(F)(F)F)C(C(O)C(F)(F)F)C1O. The molecular formula is C11H12F6N2O2. The molecule has 2 N–H and O–H groups in total. The van der Waals surface area contributed by atoms with Crippen LogP contribution >= 0.6 is 0 Å². The monoisotopic (exact) mass is 318 g/mol. The fraction of sp³-hybridized carbons (Fsp3) is 0.545. The van der Waals surface area contributed by atoms with Crippen molar-refractivity contribution in [3.8, 4) is 0 Å². The first-order valence-corrected chi connectivity index (χ1v) is 5.61. The molecule has 4 nitrogen and oxygen atoms in total. The molecule has 1 rings (SSSR count). The molecule has 0 spiro atoms. The topological polar surface area (TPSA) is 56.1 Å². The molecule has 1 aliphatic rings. The van der Waals surface area contributed by atoms with E-state index in [-0.39, 0.29) is 5.70 Å². The molecule has 120 valence electrons. The number of allylic oxidation sites excluding steroid dienone is 2. The quantitative estimate of drug-likeness (QED) is 0.619. The summed E-state index contributed by atoms with van der Waals surface area (Å²) in [7, 11) is 0. The van der Waals surface area contributed by atoms with Gasteiger partial charge in [-0.3, -0.25) is 0 Å². The normalized spacial score (nSPS) is 25.9. The largest absolute Gasteiger partial charge is 0.431 e. The van der Waals surface area contributed by atoms with Crippen LogP contribution in [0.1, 0.15) is 6.92 Å². The molecule has 0 radical (unpaired) electrons. The highest BCUT2D eigenvalue weighted by molar-refractivity contribution is 5.94. The number of nitrogens with zero attached hydrogens (tertiary/aromatic N) is 2. The fourth-order valence-corrected chi connectivity index (χ4v) is 1.85. The van der Waals surface area contributed by atoms with Crippen LogP contribution in [0.2, 0.25) is 0 Å². The molecule has 10 heteroatoms. The van der Waals surface area contributed by atoms with Crippen molar-refractivity contribution in [1.29, 1.82) is 0 Å². The first-order valence-electron chi connectivity index (χ1n) is 5.61. The second-order valence-corrected chi connectivity index (χ2v) is 4.17. The Morgan fingerprint density at radius 3 is 2.19 bits per heavy atom. The molecule has 0 fully saturated rings. The van der Waals surface area contributed by atoms with E-state index in [0.717, 1.165) is 6.08 Å². The van der Waals surface area contributed by atoms with E-state index >= 15 is 0 Å². The number of hydrogen-bond donors (Lipinski definition) is 2. The Morgan fingerprint density at radius 1 is 1.33 bits per heavy atom. The maximum Gasteiger partial charge on any atom is 0.431 e. The summed E-state index contributed by atoms with van der Waals surface area (Å²) in [5.41, 5.74) is -2.03. The van der Waals surface area contributed by atoms with Crippen molar-refractivity contribution in [3.63, 3.8) is 0 Å². The summed E-state index contributed by atoms with van der Waals surface area (Å²) in [4.78, 5) is 0. The van der Waals surface area contributed by atoms with Crippen LogP contribution in [0.15, 0.2) is 29.5 Å². The average molecular weight is 318 g/mol. The molecule has 0 aromatic carbocycles. The molecule has 0 saturated carbocycles. The van der Waals surface area contributed by atoms with Crippen molar-refractivity contribution in [1.82, 2.24) is 5.01 Å². The van der Waals surface area contributed by atoms with E-state index in [1.54, 1.807) is 0 Å². The zero-order chi connectivity index (χ0) is 16.6. The van der Waals surface area contributed by atoms with E-state index in [1.165, 1.54) is 13.0 Å². The first-order chi connectivity index (χ1) is 9.45. The Bertz CT molecular complexity index is 468. The lowest BCUT2D eigenvalue weighted by atomic mass is 9.94. The number of hydrazone groups is 1. The molecule has 0 amide bonds. The summed E-state index contributed by atoms with van der Waals surface area (Å²) in [6.45, 7) is 4.64. The van der Waals surface area contributed by atoms with Crippen molar-refractivity contribution in [2.24, 2.45) is 11.0 Å². The van der Waals surface area contributed by atoms with E-state index in [2.05, 4.69) is 11.7 Å². The Morgan fingerprint density at radius 2 is 1.86 bits per heavy atom. The maximum atomic E-state index is 12.8. The summed E-state index contributed by atoms with van der Waals surface area (Å²) < 4.78 is 75.8. The summed E-state index contributed by atoms with van der Waals surface area (Å²) in [6, 6.07) is 0. The number of halogens is 6. The minimum Gasteiger partial charge on any atom is -0.383 e. The van der Waals surface area contributed by atoms with Gasteiger partial charge in [0.15, 0.2) is 18.0 Å². The van der Waals surface area contributed by atoms with E-state index in [0.29, 0.717) is 5.01 Å². The van der Waals surface area contributed by atoms with Crippen LogP contribution in [-0.2, 0) is 0 Å². The lowest BCUT2D eigenvalue weighted by Crippen LogP contribution is -2.49. The molecular weight excluding hydrogens is 306 g/mol. The highest BCUT2D eigenvalue weighted by Gasteiger charge is 2.58. The van der Waals surface area contributed by atoms with Gasteiger partial charge in [0, 0.05) is 0 Å². The molecule has 0 bridgehead atoms. The predicted octanol–water partition coefficient (Wildman–Crippen LogP) is 2.17. The number of hydrogen-bond acceptors (Lipinski definition) is 4. The molecule has 0 aromatic rings. The van der Waals surface area contributed by atoms with Crippen LogP contribution in [0.5, 0.6) is 0 Å². The maximum absolute atomic E-state index is 12.8. The fourth-order valence-electron chi connectivity index (χ4n) is 1.85. The van der Waals surface area contributed by atoms with E-state index in [9.17, 15) is 31.4 Å². The zero-order valence-corrected chi connectivity index (χ0v) is 10.7. The Kier molecular flexibility index (Phi) is 4.73. The summed E-state index contributed by atoms with van der Waals surface area (Å²) >= 11 is 0. The van der Waals surface area contributed by atoms with Gasteiger partial charge in [-0.05, 0) is 13.0 Å². The highest BCUT2D eigenvalue weighted by Crippen LogP contribution is 2.39. The third kappa shape index (κ3) is 3.38. The van der Waals surface area contributed by atoms with E-state index in [4.69, 9.17) is 5.11 Å². The Labute approximate surface area is 115 Å². The summed E-state index contributed by atoms with van der Waals surface area (Å²) in [5, 5.41) is 22.1. The van der Waals surface area contributed by atoms with Crippen LogP contribution in [0.25, 0.3) is 0 Å². The number of alkyl halides is 6. The molecule has 3 atom stereocenters. The van der Waals surface area contributed by atoms with Gasteiger partial charge in [-0.2, -0.15) is 31.4 Å². The van der Waals surface area contributed by atoms with Gasteiger partial charge in [-0.15, -0.1) is 0 Å². The number of aliphatic hydroxyl groups excluding tert-OH is 2. The second-order valence-electron chi connectivity index (χ2n) is 4.17. The lowest BCUT2D eigenvalue weighted by Gasteiger charge is -2.28. The third-order valence-electron chi connectivity index (χ3n) is 2.84. The van der Waals surface area contributed by atoms with Gasteiger partial charge in [0.2, 0.25) is 0 Å². The minimum absolute atomic E-state index is 0.124.